The molecular weight excluding hydrogens is 337 g/mol. The van der Waals surface area contributed by atoms with Gasteiger partial charge in [0.05, 0.1) is 0 Å². The molecule has 0 heterocycles. The molecular formula is C17H15F3N2O3. The number of terminal acetylenes is 1. The predicted molar refractivity (Wildman–Crippen MR) is 82.2 cm³/mol. The number of halogens is 3. The van der Waals surface area contributed by atoms with Crippen LogP contribution < -0.4 is 15.4 Å². The summed E-state index contributed by atoms with van der Waals surface area (Å²) in [6.07, 6.45) is 1.99. The zero-order valence-electron chi connectivity index (χ0n) is 13.0. The topological polar surface area (TPSA) is 72.6 Å². The van der Waals surface area contributed by atoms with Crippen LogP contribution in [-0.2, 0) is 9.59 Å². The van der Waals surface area contributed by atoms with Crippen molar-refractivity contribution >= 4 is 17.5 Å². The fraction of sp³-hybridized carbons (Fsp3) is 0.412. The molecule has 2 fully saturated rings. The number of hydrogen-bond donors (Lipinski definition) is 1. The van der Waals surface area contributed by atoms with Gasteiger partial charge in [0, 0.05) is 11.8 Å². The first-order chi connectivity index (χ1) is 11.7. The second kappa shape index (κ2) is 5.69. The average molecular weight is 352 g/mol. The number of hydrogen-bond acceptors (Lipinski definition) is 3. The van der Waals surface area contributed by atoms with E-state index >= 15 is 0 Å². The Labute approximate surface area is 141 Å². The lowest BCUT2D eigenvalue weighted by molar-refractivity contribution is -0.274. The summed E-state index contributed by atoms with van der Waals surface area (Å²) in [5.74, 6) is 0.422. The van der Waals surface area contributed by atoms with Crippen LogP contribution in [0.5, 0.6) is 5.75 Å². The molecule has 0 spiro atoms. The van der Waals surface area contributed by atoms with E-state index in [4.69, 9.17) is 12.2 Å². The Morgan fingerprint density at radius 1 is 1.32 bits per heavy atom. The van der Waals surface area contributed by atoms with Crippen molar-refractivity contribution in [3.8, 4) is 18.1 Å². The van der Waals surface area contributed by atoms with Gasteiger partial charge in [0.25, 0.3) is 0 Å². The van der Waals surface area contributed by atoms with Gasteiger partial charge in [-0.25, -0.2) is 0 Å². The van der Waals surface area contributed by atoms with Gasteiger partial charge in [-0.1, -0.05) is 6.07 Å². The van der Waals surface area contributed by atoms with E-state index in [1.165, 1.54) is 12.1 Å². The van der Waals surface area contributed by atoms with Crippen LogP contribution in [0.25, 0.3) is 0 Å². The molecule has 0 radical (unpaired) electrons. The third-order valence-corrected chi connectivity index (χ3v) is 4.79. The maximum Gasteiger partial charge on any atom is 0.573 e. The number of benzene rings is 1. The van der Waals surface area contributed by atoms with Crippen LogP contribution in [0.4, 0.5) is 18.9 Å². The second-order valence-electron chi connectivity index (χ2n) is 6.39. The summed E-state index contributed by atoms with van der Waals surface area (Å²) in [6.45, 7) is 0. The van der Waals surface area contributed by atoms with Crippen molar-refractivity contribution in [3.63, 3.8) is 0 Å². The van der Waals surface area contributed by atoms with Crippen LogP contribution in [0.15, 0.2) is 24.3 Å². The number of alkyl halides is 3. The molecule has 2 unspecified atom stereocenters. The van der Waals surface area contributed by atoms with Crippen molar-refractivity contribution in [1.82, 2.24) is 0 Å². The molecule has 2 N–H and O–H groups in total. The minimum atomic E-state index is -4.88. The Balaban J connectivity index is 2.02. The fourth-order valence-corrected chi connectivity index (χ4v) is 3.70. The molecule has 5 nitrogen and oxygen atoms in total. The monoisotopic (exact) mass is 352 g/mol. The number of carbonyl (C=O) groups excluding carboxylic acids is 2. The number of nitrogens with two attached hydrogens (primary N) is 1. The highest BCUT2D eigenvalue weighted by molar-refractivity contribution is 6.11. The normalized spacial score (nSPS) is 27.1. The summed E-state index contributed by atoms with van der Waals surface area (Å²) in [4.78, 5) is 25.6. The van der Waals surface area contributed by atoms with E-state index in [0.29, 0.717) is 12.8 Å². The largest absolute Gasteiger partial charge is 0.573 e. The van der Waals surface area contributed by atoms with Gasteiger partial charge in [0.1, 0.15) is 11.3 Å². The molecule has 2 aliphatic carbocycles. The molecule has 132 valence electrons. The van der Waals surface area contributed by atoms with Crippen LogP contribution in [0, 0.1) is 24.2 Å². The second-order valence-corrected chi connectivity index (χ2v) is 6.39. The summed E-state index contributed by atoms with van der Waals surface area (Å²) < 4.78 is 41.2. The molecule has 1 aromatic carbocycles. The van der Waals surface area contributed by atoms with Crippen LogP contribution >= 0.6 is 0 Å². The summed E-state index contributed by atoms with van der Waals surface area (Å²) in [7, 11) is 0. The van der Waals surface area contributed by atoms with Gasteiger partial charge in [-0.05, 0) is 49.2 Å². The Morgan fingerprint density at radius 3 is 2.48 bits per heavy atom. The Hall–Kier alpha value is -2.69. The van der Waals surface area contributed by atoms with Crippen LogP contribution in [0.3, 0.4) is 0 Å². The maximum absolute atomic E-state index is 12.5. The van der Waals surface area contributed by atoms with E-state index in [-0.39, 0.29) is 17.5 Å². The van der Waals surface area contributed by atoms with Crippen molar-refractivity contribution in [3.05, 3.63) is 24.3 Å². The first-order valence-electron chi connectivity index (χ1n) is 7.63. The minimum absolute atomic E-state index is 0.0461. The van der Waals surface area contributed by atoms with Crippen LogP contribution in [0.1, 0.15) is 19.3 Å². The van der Waals surface area contributed by atoms with E-state index < -0.39 is 29.5 Å². The van der Waals surface area contributed by atoms with Gasteiger partial charge in [-0.3, -0.25) is 14.5 Å². The third kappa shape index (κ3) is 3.14. The molecule has 3 rings (SSSR count). The molecule has 2 amide bonds. The molecule has 0 aromatic heterocycles. The SMILES string of the molecule is C#CC(=O)N(c1cccc(OC(F)(F)F)c1)C1(C(N)=O)CC2CC2C1. The van der Waals surface area contributed by atoms with E-state index in [0.717, 1.165) is 23.5 Å². The van der Waals surface area contributed by atoms with E-state index in [2.05, 4.69) is 4.74 Å². The highest BCUT2D eigenvalue weighted by Gasteiger charge is 2.60. The Morgan fingerprint density at radius 2 is 1.96 bits per heavy atom. The molecule has 1 aromatic rings. The number of rotatable bonds is 4. The number of nitrogens with zero attached hydrogens (tertiary/aromatic N) is 1. The van der Waals surface area contributed by atoms with Crippen molar-refractivity contribution in [2.75, 3.05) is 4.90 Å². The number of carbonyl (C=O) groups is 2. The first-order valence-corrected chi connectivity index (χ1v) is 7.63. The maximum atomic E-state index is 12.5. The van der Waals surface area contributed by atoms with Crippen molar-refractivity contribution in [2.45, 2.75) is 31.2 Å². The molecule has 0 bridgehead atoms. The number of primary amides is 1. The number of anilines is 1. The van der Waals surface area contributed by atoms with Gasteiger partial charge in [-0.15, -0.1) is 19.6 Å². The van der Waals surface area contributed by atoms with Crippen LogP contribution in [-0.4, -0.2) is 23.7 Å². The smallest absolute Gasteiger partial charge is 0.406 e. The van der Waals surface area contributed by atoms with Crippen molar-refractivity contribution < 1.29 is 27.5 Å². The predicted octanol–water partition coefficient (Wildman–Crippen LogP) is 2.21. The summed E-state index contributed by atoms with van der Waals surface area (Å²) in [5, 5.41) is 0. The number of fused-ring (bicyclic) bond motifs is 1. The standard InChI is InChI=1S/C17H15F3N2O3/c1-2-14(23)22(16(15(21)24)8-10-6-11(10)9-16)12-4-3-5-13(7-12)25-17(18,19)20/h1,3-5,7,10-11H,6,8-9H2,(H2,21,24). The van der Waals surface area contributed by atoms with Crippen molar-refractivity contribution in [1.29, 1.82) is 0 Å². The quantitative estimate of drug-likeness (QED) is 0.845. The van der Waals surface area contributed by atoms with Gasteiger partial charge < -0.3 is 10.5 Å². The molecule has 0 saturated heterocycles. The minimum Gasteiger partial charge on any atom is -0.406 e. The lowest BCUT2D eigenvalue weighted by Crippen LogP contribution is -2.59. The lowest BCUT2D eigenvalue weighted by atomic mass is 9.89. The van der Waals surface area contributed by atoms with Gasteiger partial charge in [0.15, 0.2) is 0 Å². The third-order valence-electron chi connectivity index (χ3n) is 4.79. The highest BCUT2D eigenvalue weighted by Crippen LogP contribution is 2.58. The van der Waals surface area contributed by atoms with Gasteiger partial charge >= 0.3 is 12.3 Å². The molecule has 0 aliphatic heterocycles. The number of ether oxygens (including phenoxy) is 1. The van der Waals surface area contributed by atoms with E-state index in [1.54, 1.807) is 0 Å². The summed E-state index contributed by atoms with van der Waals surface area (Å²) >= 11 is 0. The molecule has 8 heteroatoms. The van der Waals surface area contributed by atoms with Crippen LogP contribution in [0.2, 0.25) is 0 Å². The Kier molecular flexibility index (Phi) is 3.90. The van der Waals surface area contributed by atoms with Gasteiger partial charge in [-0.2, -0.15) is 0 Å². The fourth-order valence-electron chi connectivity index (χ4n) is 3.70. The molecule has 25 heavy (non-hydrogen) atoms. The Bertz CT molecular complexity index is 759. The lowest BCUT2D eigenvalue weighted by Gasteiger charge is -2.39. The average Bonchev–Trinajstić information content (AvgIpc) is 3.12. The van der Waals surface area contributed by atoms with Crippen molar-refractivity contribution in [2.24, 2.45) is 17.6 Å². The van der Waals surface area contributed by atoms with Gasteiger partial charge in [0.2, 0.25) is 5.91 Å². The molecule has 2 atom stereocenters. The van der Waals surface area contributed by atoms with E-state index in [1.807, 2.05) is 5.92 Å². The molecule has 2 aliphatic rings. The zero-order chi connectivity index (χ0) is 18.4. The number of amides is 2. The highest BCUT2D eigenvalue weighted by atomic mass is 19.4. The summed E-state index contributed by atoms with van der Waals surface area (Å²) in [5.41, 5.74) is 4.29. The summed E-state index contributed by atoms with van der Waals surface area (Å²) in [6, 6.07) is 4.81. The first kappa shape index (κ1) is 17.1. The van der Waals surface area contributed by atoms with E-state index in [9.17, 15) is 22.8 Å². The molecule has 2 saturated carbocycles. The zero-order valence-corrected chi connectivity index (χ0v) is 13.0.